The lowest BCUT2D eigenvalue weighted by Gasteiger charge is -2.35. The molecule has 0 bridgehead atoms. The zero-order valence-corrected chi connectivity index (χ0v) is 14.1. The van der Waals surface area contributed by atoms with Gasteiger partial charge in [-0.2, -0.15) is 0 Å². The summed E-state index contributed by atoms with van der Waals surface area (Å²) < 4.78 is 0. The first-order valence-corrected chi connectivity index (χ1v) is 7.61. The zero-order chi connectivity index (χ0) is 15.9. The Morgan fingerprint density at radius 1 is 0.864 bits per heavy atom. The van der Waals surface area contributed by atoms with Crippen molar-refractivity contribution in [1.82, 2.24) is 10.3 Å². The van der Waals surface area contributed by atoms with Gasteiger partial charge in [0.05, 0.1) is 5.69 Å². The lowest BCUT2D eigenvalue weighted by molar-refractivity contribution is 0.526. The van der Waals surface area contributed by atoms with Crippen molar-refractivity contribution in [2.24, 2.45) is 0 Å². The fourth-order valence-electron chi connectivity index (χ4n) is 1.95. The molecular weight excluding hydrogens is 312 g/mol. The lowest BCUT2D eigenvalue weighted by atomic mass is 10.3. The molecule has 2 aromatic rings. The maximum absolute atomic E-state index is 5.57. The number of benzene rings is 2. The Morgan fingerprint density at radius 2 is 1.41 bits per heavy atom. The van der Waals surface area contributed by atoms with Gasteiger partial charge in [-0.05, 0) is 48.7 Å². The first-order valence-electron chi connectivity index (χ1n) is 6.80. The quantitative estimate of drug-likeness (QED) is 0.649. The smallest absolute Gasteiger partial charge is 0.197 e. The highest BCUT2D eigenvalue weighted by atomic mass is 32.1. The minimum atomic E-state index is 0.539. The van der Waals surface area contributed by atoms with Crippen LogP contribution in [0.25, 0.3) is 0 Å². The summed E-state index contributed by atoms with van der Waals surface area (Å²) in [5.41, 5.74) is 1.85. The van der Waals surface area contributed by atoms with Gasteiger partial charge in [0.25, 0.3) is 0 Å². The van der Waals surface area contributed by atoms with Crippen molar-refractivity contribution < 1.29 is 0 Å². The lowest BCUT2D eigenvalue weighted by Crippen LogP contribution is -2.52. The monoisotopic (exact) mass is 330 g/mol. The van der Waals surface area contributed by atoms with E-state index in [1.807, 2.05) is 72.7 Å². The van der Waals surface area contributed by atoms with E-state index < -0.39 is 0 Å². The molecule has 4 nitrogen and oxygen atoms in total. The average Bonchev–Trinajstić information content (AvgIpc) is 2.56. The number of hydrogen-bond acceptors (Lipinski definition) is 2. The Hall–Kier alpha value is -2.18. The van der Waals surface area contributed by atoms with Gasteiger partial charge in [0.2, 0.25) is 0 Å². The van der Waals surface area contributed by atoms with Crippen molar-refractivity contribution in [2.45, 2.75) is 0 Å². The number of nitrogens with zero attached hydrogens (tertiary/aromatic N) is 2. The van der Waals surface area contributed by atoms with Gasteiger partial charge >= 0.3 is 0 Å². The van der Waals surface area contributed by atoms with Crippen LogP contribution in [0.3, 0.4) is 0 Å². The van der Waals surface area contributed by atoms with E-state index in [4.69, 9.17) is 24.4 Å². The van der Waals surface area contributed by atoms with E-state index in [2.05, 4.69) is 10.6 Å². The van der Waals surface area contributed by atoms with Gasteiger partial charge in [-0.3, -0.25) is 5.01 Å². The van der Waals surface area contributed by atoms with E-state index in [1.54, 1.807) is 12.1 Å². The molecule has 0 heterocycles. The van der Waals surface area contributed by atoms with Gasteiger partial charge in [0, 0.05) is 19.8 Å². The highest BCUT2D eigenvalue weighted by molar-refractivity contribution is 7.81. The molecule has 0 aromatic heterocycles. The molecule has 0 aliphatic rings. The van der Waals surface area contributed by atoms with Gasteiger partial charge in [0.1, 0.15) is 0 Å². The molecule has 0 radical (unpaired) electrons. The molecule has 6 heteroatoms. The van der Waals surface area contributed by atoms with Crippen LogP contribution in [0.2, 0.25) is 0 Å². The third-order valence-corrected chi connectivity index (χ3v) is 3.77. The molecule has 0 atom stereocenters. The third-order valence-electron chi connectivity index (χ3n) is 3.03. The summed E-state index contributed by atoms with van der Waals surface area (Å²) in [6.45, 7) is 0. The van der Waals surface area contributed by atoms with Crippen LogP contribution in [0.15, 0.2) is 60.7 Å². The Labute approximate surface area is 141 Å². The van der Waals surface area contributed by atoms with Gasteiger partial charge in [-0.15, -0.1) is 0 Å². The summed E-state index contributed by atoms with van der Waals surface area (Å²) in [7, 11) is 3.65. The van der Waals surface area contributed by atoms with E-state index in [0.29, 0.717) is 10.2 Å². The van der Waals surface area contributed by atoms with Crippen LogP contribution in [-0.2, 0) is 0 Å². The molecule has 2 aromatic carbocycles. The van der Waals surface area contributed by atoms with Crippen LogP contribution >= 0.6 is 24.4 Å². The highest BCUT2D eigenvalue weighted by Crippen LogP contribution is 2.18. The van der Waals surface area contributed by atoms with Crippen molar-refractivity contribution in [3.05, 3.63) is 60.7 Å². The second kappa shape index (κ2) is 7.72. The molecule has 2 N–H and O–H groups in total. The molecule has 2 rings (SSSR count). The third kappa shape index (κ3) is 3.93. The van der Waals surface area contributed by atoms with Crippen LogP contribution in [0.4, 0.5) is 11.4 Å². The van der Waals surface area contributed by atoms with E-state index in [0.717, 1.165) is 11.4 Å². The predicted molar refractivity (Wildman–Crippen MR) is 101 cm³/mol. The van der Waals surface area contributed by atoms with E-state index >= 15 is 0 Å². The van der Waals surface area contributed by atoms with Gasteiger partial charge < -0.3 is 10.6 Å². The van der Waals surface area contributed by atoms with Crippen molar-refractivity contribution in [3.8, 4) is 0 Å². The average molecular weight is 330 g/mol. The molecule has 0 saturated heterocycles. The van der Waals surface area contributed by atoms with E-state index in [9.17, 15) is 0 Å². The number of para-hydroxylation sites is 2. The molecule has 0 aliphatic heterocycles. The Morgan fingerprint density at radius 3 is 1.95 bits per heavy atom. The van der Waals surface area contributed by atoms with Gasteiger partial charge in [-0.1, -0.05) is 36.4 Å². The van der Waals surface area contributed by atoms with Crippen molar-refractivity contribution in [3.63, 3.8) is 0 Å². The van der Waals surface area contributed by atoms with E-state index in [-0.39, 0.29) is 0 Å². The highest BCUT2D eigenvalue weighted by Gasteiger charge is 2.19. The van der Waals surface area contributed by atoms with Crippen molar-refractivity contribution >= 4 is 46.0 Å². The maximum Gasteiger partial charge on any atom is 0.197 e. The van der Waals surface area contributed by atoms with Crippen LogP contribution in [0.1, 0.15) is 0 Å². The van der Waals surface area contributed by atoms with Gasteiger partial charge in [0.15, 0.2) is 10.2 Å². The number of hydrogen-bond donors (Lipinski definition) is 2. The number of anilines is 2. The maximum atomic E-state index is 5.57. The Balaban J connectivity index is 2.28. The standard InChI is InChI=1S/C16H18N4S2/c1-17-15(21)19(2)20(14-11-7-4-8-12-14)16(22)18-13-9-5-3-6-10-13/h3-12H,1-2H3,(H,17,21)(H,18,22). The molecule has 0 spiro atoms. The Bertz CT molecular complexity index is 631. The molecule has 114 valence electrons. The molecule has 0 fully saturated rings. The van der Waals surface area contributed by atoms with Gasteiger partial charge in [-0.25, -0.2) is 5.01 Å². The molecule has 0 aliphatic carbocycles. The summed E-state index contributed by atoms with van der Waals surface area (Å²) >= 11 is 10.9. The fourth-order valence-corrected chi connectivity index (χ4v) is 2.37. The number of nitrogens with one attached hydrogen (secondary N) is 2. The zero-order valence-electron chi connectivity index (χ0n) is 12.5. The largest absolute Gasteiger partial charge is 0.364 e. The van der Waals surface area contributed by atoms with Crippen molar-refractivity contribution in [2.75, 3.05) is 24.4 Å². The van der Waals surface area contributed by atoms with Crippen molar-refractivity contribution in [1.29, 1.82) is 0 Å². The summed E-state index contributed by atoms with van der Waals surface area (Å²) in [6.07, 6.45) is 0. The van der Waals surface area contributed by atoms with E-state index in [1.165, 1.54) is 0 Å². The number of hydrazine groups is 1. The number of thiocarbonyl (C=S) groups is 2. The summed E-state index contributed by atoms with van der Waals surface area (Å²) in [5, 5.41) is 10.9. The molecule has 22 heavy (non-hydrogen) atoms. The summed E-state index contributed by atoms with van der Waals surface area (Å²) in [4.78, 5) is 0. The van der Waals surface area contributed by atoms with Crippen LogP contribution in [-0.4, -0.2) is 29.3 Å². The first kappa shape index (κ1) is 16.2. The number of rotatable bonds is 2. The molecular formula is C16H18N4S2. The molecule has 0 saturated carbocycles. The minimum absolute atomic E-state index is 0.539. The summed E-state index contributed by atoms with van der Waals surface area (Å²) in [5.74, 6) is 0. The second-order valence-corrected chi connectivity index (χ2v) is 5.30. The predicted octanol–water partition coefficient (Wildman–Crippen LogP) is 3.24. The first-order chi connectivity index (χ1) is 10.6. The SMILES string of the molecule is CNC(=S)N(C)N(C(=S)Nc1ccccc1)c1ccccc1. The second-order valence-electron chi connectivity index (χ2n) is 4.52. The van der Waals surface area contributed by atoms with Crippen LogP contribution in [0, 0.1) is 0 Å². The fraction of sp³-hybridized carbons (Fsp3) is 0.125. The molecule has 0 unspecified atom stereocenters. The molecule has 0 amide bonds. The topological polar surface area (TPSA) is 30.5 Å². The minimum Gasteiger partial charge on any atom is -0.364 e. The summed E-state index contributed by atoms with van der Waals surface area (Å²) in [6, 6.07) is 19.7. The van der Waals surface area contributed by atoms with Crippen LogP contribution in [0.5, 0.6) is 0 Å². The Kier molecular flexibility index (Phi) is 5.68. The normalized spacial score (nSPS) is 9.73. The van der Waals surface area contributed by atoms with Crippen LogP contribution < -0.4 is 15.6 Å².